The first kappa shape index (κ1) is 35.6. The van der Waals surface area contributed by atoms with Gasteiger partial charge in [-0.3, -0.25) is 0 Å². The first-order valence-electron chi connectivity index (χ1n) is 21.1. The van der Waals surface area contributed by atoms with Crippen LogP contribution in [0.5, 0.6) is 0 Å². The second-order valence-electron chi connectivity index (χ2n) is 16.0. The minimum atomic E-state index is 0.591. The van der Waals surface area contributed by atoms with Crippen molar-refractivity contribution < 1.29 is 4.42 Å². The maximum atomic E-state index is 6.55. The van der Waals surface area contributed by atoms with Gasteiger partial charge in [0.1, 0.15) is 11.2 Å². The molecule has 0 aliphatic rings. The Morgan fingerprint density at radius 1 is 0.349 bits per heavy atom. The first-order chi connectivity index (χ1) is 31.2. The maximum absolute atomic E-state index is 6.55. The molecule has 0 aliphatic heterocycles. The molecule has 13 aromatic rings. The van der Waals surface area contributed by atoms with Crippen molar-refractivity contribution in [2.45, 2.75) is 0 Å². The summed E-state index contributed by atoms with van der Waals surface area (Å²) >= 11 is 1.80. The lowest BCUT2D eigenvalue weighted by atomic mass is 9.98. The maximum Gasteiger partial charge on any atom is 0.164 e. The second kappa shape index (κ2) is 14.2. The number of para-hydroxylation sites is 2. The number of thiophene rings is 1. The summed E-state index contributed by atoms with van der Waals surface area (Å²) < 4.78 is 11.3. The summed E-state index contributed by atoms with van der Waals surface area (Å²) in [7, 11) is 0. The van der Waals surface area contributed by atoms with Crippen LogP contribution in [0.3, 0.4) is 0 Å². The SMILES string of the molecule is c1ccc(-c2cccc(-c3ccc4sc5cc(-c6nc(-c7ccccc7)nc(-c7cccc8oc9ccc(-n%10c%11ccccc%11c%11ccccc%11%10)cc9c78)n6)ccc5c4c3)c2)cc1. The van der Waals surface area contributed by atoms with Crippen LogP contribution in [0.15, 0.2) is 211 Å². The molecule has 0 unspecified atom stereocenters. The number of nitrogens with zero attached hydrogens (tertiary/aromatic N) is 4. The molecule has 5 nitrogen and oxygen atoms in total. The molecule has 63 heavy (non-hydrogen) atoms. The molecule has 294 valence electrons. The van der Waals surface area contributed by atoms with Crippen LogP contribution in [0.1, 0.15) is 0 Å². The molecule has 0 fully saturated rings. The van der Waals surface area contributed by atoms with Crippen LogP contribution in [0.2, 0.25) is 0 Å². The molecule has 9 aromatic carbocycles. The molecule has 6 heteroatoms. The summed E-state index contributed by atoms with van der Waals surface area (Å²) in [6.45, 7) is 0. The number of rotatable bonds is 6. The van der Waals surface area contributed by atoms with Crippen LogP contribution in [-0.2, 0) is 0 Å². The van der Waals surface area contributed by atoms with Gasteiger partial charge < -0.3 is 8.98 Å². The predicted octanol–water partition coefficient (Wildman–Crippen LogP) is 15.6. The Hall–Kier alpha value is -8.19. The van der Waals surface area contributed by atoms with E-state index in [0.29, 0.717) is 17.5 Å². The Balaban J connectivity index is 0.951. The van der Waals surface area contributed by atoms with Crippen molar-refractivity contribution in [2.75, 3.05) is 0 Å². The standard InChI is InChI=1S/C57H34N4OS/c1-3-13-35(14-4-1)37-17-11-18-38(31-37)39-26-30-52-46(32-39)44-28-25-40(33-53(44)63-52)56-58-55(36-15-5-2-6-16-36)59-57(60-56)45-21-12-24-51-54(45)47-34-41(27-29-50(47)62-51)61-48-22-9-7-19-42(48)43-20-8-10-23-49(43)61/h1-34H. The largest absolute Gasteiger partial charge is 0.456 e. The van der Waals surface area contributed by atoms with Crippen LogP contribution in [-0.4, -0.2) is 19.5 Å². The van der Waals surface area contributed by atoms with Gasteiger partial charge in [-0.1, -0.05) is 146 Å². The van der Waals surface area contributed by atoms with Crippen molar-refractivity contribution in [3.8, 4) is 62.1 Å². The summed E-state index contributed by atoms with van der Waals surface area (Å²) in [5.74, 6) is 1.82. The fourth-order valence-corrected chi connectivity index (χ4v) is 10.4. The predicted molar refractivity (Wildman–Crippen MR) is 262 cm³/mol. The van der Waals surface area contributed by atoms with Gasteiger partial charge >= 0.3 is 0 Å². The number of hydrogen-bond donors (Lipinski definition) is 0. The molecule has 0 saturated heterocycles. The summed E-state index contributed by atoms with van der Waals surface area (Å²) in [6.07, 6.45) is 0. The van der Waals surface area contributed by atoms with E-state index < -0.39 is 0 Å². The normalized spacial score (nSPS) is 11.8. The molecule has 0 atom stereocenters. The molecular formula is C57H34N4OS. The minimum absolute atomic E-state index is 0.591. The van der Waals surface area contributed by atoms with Crippen molar-refractivity contribution in [3.05, 3.63) is 206 Å². The Labute approximate surface area is 365 Å². The summed E-state index contributed by atoms with van der Waals surface area (Å²) in [5.41, 5.74) is 12.5. The van der Waals surface area contributed by atoms with E-state index in [9.17, 15) is 0 Å². The summed E-state index contributed by atoms with van der Waals surface area (Å²) in [4.78, 5) is 15.6. The minimum Gasteiger partial charge on any atom is -0.456 e. The fraction of sp³-hybridized carbons (Fsp3) is 0. The average Bonchev–Trinajstić information content (AvgIpc) is 4.03. The first-order valence-corrected chi connectivity index (χ1v) is 21.9. The topological polar surface area (TPSA) is 56.7 Å². The van der Waals surface area contributed by atoms with Crippen LogP contribution >= 0.6 is 11.3 Å². The van der Waals surface area contributed by atoms with Crippen molar-refractivity contribution in [1.29, 1.82) is 0 Å². The van der Waals surface area contributed by atoms with Gasteiger partial charge in [0.2, 0.25) is 0 Å². The fourth-order valence-electron chi connectivity index (χ4n) is 9.29. The van der Waals surface area contributed by atoms with Gasteiger partial charge in [0.25, 0.3) is 0 Å². The molecule has 4 aromatic heterocycles. The summed E-state index contributed by atoms with van der Waals surface area (Å²) in [6, 6.07) is 72.7. The quantitative estimate of drug-likeness (QED) is 0.168. The third-order valence-corrected chi connectivity index (χ3v) is 13.4. The van der Waals surface area contributed by atoms with Gasteiger partial charge in [-0.15, -0.1) is 11.3 Å². The third kappa shape index (κ3) is 5.87. The van der Waals surface area contributed by atoms with E-state index in [0.717, 1.165) is 55.3 Å². The number of hydrogen-bond acceptors (Lipinski definition) is 5. The van der Waals surface area contributed by atoms with E-state index in [1.165, 1.54) is 53.2 Å². The number of benzene rings is 9. The molecule has 0 bridgehead atoms. The lowest BCUT2D eigenvalue weighted by Crippen LogP contribution is -2.00. The van der Waals surface area contributed by atoms with Crippen LogP contribution in [0.25, 0.3) is 126 Å². The highest BCUT2D eigenvalue weighted by molar-refractivity contribution is 7.25. The molecular weight excluding hydrogens is 789 g/mol. The van der Waals surface area contributed by atoms with Crippen molar-refractivity contribution in [3.63, 3.8) is 0 Å². The van der Waals surface area contributed by atoms with E-state index in [-0.39, 0.29) is 0 Å². The second-order valence-corrected chi connectivity index (χ2v) is 17.1. The molecule has 0 amide bonds. The highest BCUT2D eigenvalue weighted by Gasteiger charge is 2.20. The number of fused-ring (bicyclic) bond motifs is 9. The molecule has 0 saturated carbocycles. The highest BCUT2D eigenvalue weighted by Crippen LogP contribution is 2.41. The van der Waals surface area contributed by atoms with Crippen LogP contribution in [0.4, 0.5) is 0 Å². The lowest BCUT2D eigenvalue weighted by Gasteiger charge is -2.10. The monoisotopic (exact) mass is 822 g/mol. The molecule has 0 aliphatic carbocycles. The van der Waals surface area contributed by atoms with E-state index >= 15 is 0 Å². The number of furan rings is 1. The van der Waals surface area contributed by atoms with Crippen molar-refractivity contribution in [1.82, 2.24) is 19.5 Å². The molecule has 13 rings (SSSR count). The van der Waals surface area contributed by atoms with Crippen molar-refractivity contribution in [2.24, 2.45) is 0 Å². The zero-order chi connectivity index (χ0) is 41.4. The van der Waals surface area contributed by atoms with Crippen molar-refractivity contribution >= 4 is 75.3 Å². The Morgan fingerprint density at radius 2 is 0.968 bits per heavy atom. The van der Waals surface area contributed by atoms with E-state index in [1.807, 2.05) is 30.3 Å². The Kier molecular flexibility index (Phi) is 8.01. The molecule has 0 N–H and O–H groups in total. The van der Waals surface area contributed by atoms with Gasteiger partial charge in [-0.25, -0.2) is 15.0 Å². The number of aromatic nitrogens is 4. The zero-order valence-electron chi connectivity index (χ0n) is 33.7. The van der Waals surface area contributed by atoms with E-state index in [1.54, 1.807) is 11.3 Å². The van der Waals surface area contributed by atoms with Gasteiger partial charge in [-0.05, 0) is 82.9 Å². The van der Waals surface area contributed by atoms with Crippen LogP contribution in [0, 0.1) is 0 Å². The Morgan fingerprint density at radius 3 is 1.75 bits per heavy atom. The van der Waals surface area contributed by atoms with Gasteiger partial charge in [0, 0.05) is 64.1 Å². The van der Waals surface area contributed by atoms with Crippen LogP contribution < -0.4 is 0 Å². The third-order valence-electron chi connectivity index (χ3n) is 12.3. The highest BCUT2D eigenvalue weighted by atomic mass is 32.1. The van der Waals surface area contributed by atoms with E-state index in [2.05, 4.69) is 180 Å². The Bertz CT molecular complexity index is 3870. The molecule has 0 spiro atoms. The van der Waals surface area contributed by atoms with Gasteiger partial charge in [0.05, 0.1) is 11.0 Å². The smallest absolute Gasteiger partial charge is 0.164 e. The van der Waals surface area contributed by atoms with E-state index in [4.69, 9.17) is 19.4 Å². The van der Waals surface area contributed by atoms with Gasteiger partial charge in [-0.2, -0.15) is 0 Å². The molecule has 0 radical (unpaired) electrons. The van der Waals surface area contributed by atoms with Gasteiger partial charge in [0.15, 0.2) is 17.5 Å². The molecule has 4 heterocycles. The average molecular weight is 823 g/mol. The lowest BCUT2D eigenvalue weighted by molar-refractivity contribution is 0.669. The zero-order valence-corrected chi connectivity index (χ0v) is 34.6. The summed E-state index contributed by atoms with van der Waals surface area (Å²) in [5, 5.41) is 6.87.